The number of thiocarbonyl (C=S) groups is 1. The Morgan fingerprint density at radius 3 is 2.45 bits per heavy atom. The third-order valence-corrected chi connectivity index (χ3v) is 3.89. The predicted molar refractivity (Wildman–Crippen MR) is 91.1 cm³/mol. The Labute approximate surface area is 129 Å². The van der Waals surface area contributed by atoms with Crippen LogP contribution in [-0.2, 0) is 0 Å². The van der Waals surface area contributed by atoms with E-state index in [1.807, 2.05) is 32.0 Å². The standard InChI is InChI=1S/C15H17N3S2/c1-9-8-10(2)17-15(13(9)14(16)19)18-11-4-6-12(20-3)7-5-11/h4-8H,1-3H3,(H2,16,19)(H,17,18). The number of thioether (sulfide) groups is 1. The quantitative estimate of drug-likeness (QED) is 0.664. The normalized spacial score (nSPS) is 10.3. The third-order valence-electron chi connectivity index (χ3n) is 2.94. The second-order valence-corrected chi connectivity index (χ2v) is 5.84. The maximum Gasteiger partial charge on any atom is 0.141 e. The van der Waals surface area contributed by atoms with E-state index in [-0.39, 0.29) is 0 Å². The largest absolute Gasteiger partial charge is 0.389 e. The van der Waals surface area contributed by atoms with Gasteiger partial charge in [0, 0.05) is 16.3 Å². The highest BCUT2D eigenvalue weighted by atomic mass is 32.2. The molecular formula is C15H17N3S2. The summed E-state index contributed by atoms with van der Waals surface area (Å²) in [7, 11) is 0. The number of aromatic nitrogens is 1. The number of rotatable bonds is 4. The molecule has 1 aromatic carbocycles. The number of nitrogens with zero attached hydrogens (tertiary/aromatic N) is 1. The van der Waals surface area contributed by atoms with Gasteiger partial charge in [0.1, 0.15) is 10.8 Å². The lowest BCUT2D eigenvalue weighted by molar-refractivity contribution is 1.17. The van der Waals surface area contributed by atoms with E-state index < -0.39 is 0 Å². The molecule has 0 aliphatic carbocycles. The number of hydrogen-bond acceptors (Lipinski definition) is 4. The highest BCUT2D eigenvalue weighted by molar-refractivity contribution is 7.98. The van der Waals surface area contributed by atoms with E-state index in [1.54, 1.807) is 11.8 Å². The number of hydrogen-bond donors (Lipinski definition) is 2. The monoisotopic (exact) mass is 303 g/mol. The molecule has 0 spiro atoms. The Bertz CT molecular complexity index is 636. The third kappa shape index (κ3) is 3.29. The molecule has 3 N–H and O–H groups in total. The van der Waals surface area contributed by atoms with Crippen LogP contribution in [-0.4, -0.2) is 16.2 Å². The first-order chi connectivity index (χ1) is 9.51. The molecule has 0 unspecified atom stereocenters. The van der Waals surface area contributed by atoms with E-state index in [1.165, 1.54) is 4.90 Å². The Morgan fingerprint density at radius 2 is 1.90 bits per heavy atom. The van der Waals surface area contributed by atoms with E-state index in [9.17, 15) is 0 Å². The second kappa shape index (κ2) is 6.24. The zero-order chi connectivity index (χ0) is 14.7. The van der Waals surface area contributed by atoms with Gasteiger partial charge in [-0.15, -0.1) is 11.8 Å². The lowest BCUT2D eigenvalue weighted by Gasteiger charge is -2.14. The first kappa shape index (κ1) is 14.8. The zero-order valence-corrected chi connectivity index (χ0v) is 13.4. The van der Waals surface area contributed by atoms with Crippen LogP contribution < -0.4 is 11.1 Å². The Morgan fingerprint density at radius 1 is 1.25 bits per heavy atom. The van der Waals surface area contributed by atoms with Crippen molar-refractivity contribution < 1.29 is 0 Å². The van der Waals surface area contributed by atoms with Crippen molar-refractivity contribution >= 4 is 40.5 Å². The van der Waals surface area contributed by atoms with Crippen molar-refractivity contribution in [1.29, 1.82) is 0 Å². The summed E-state index contributed by atoms with van der Waals surface area (Å²) >= 11 is 6.84. The number of benzene rings is 1. The fourth-order valence-electron chi connectivity index (χ4n) is 2.05. The fourth-order valence-corrected chi connectivity index (χ4v) is 2.72. The van der Waals surface area contributed by atoms with Gasteiger partial charge < -0.3 is 11.1 Å². The molecule has 20 heavy (non-hydrogen) atoms. The lowest BCUT2D eigenvalue weighted by Crippen LogP contribution is -2.15. The van der Waals surface area contributed by atoms with Crippen molar-refractivity contribution in [3.8, 4) is 0 Å². The molecule has 0 atom stereocenters. The molecule has 3 nitrogen and oxygen atoms in total. The van der Waals surface area contributed by atoms with Crippen LogP contribution in [0.2, 0.25) is 0 Å². The minimum atomic E-state index is 0.359. The Kier molecular flexibility index (Phi) is 4.62. The van der Waals surface area contributed by atoms with Crippen LogP contribution in [0, 0.1) is 13.8 Å². The molecule has 0 radical (unpaired) electrons. The van der Waals surface area contributed by atoms with Crippen LogP contribution in [0.25, 0.3) is 0 Å². The number of nitrogens with two attached hydrogens (primary N) is 1. The average molecular weight is 303 g/mol. The minimum absolute atomic E-state index is 0.359. The molecule has 0 saturated carbocycles. The fraction of sp³-hybridized carbons (Fsp3) is 0.200. The lowest BCUT2D eigenvalue weighted by atomic mass is 10.1. The molecule has 5 heteroatoms. The van der Waals surface area contributed by atoms with Gasteiger partial charge in [0.05, 0.1) is 5.56 Å². The first-order valence-electron chi connectivity index (χ1n) is 6.20. The molecule has 2 aromatic rings. The van der Waals surface area contributed by atoms with E-state index in [0.29, 0.717) is 10.8 Å². The summed E-state index contributed by atoms with van der Waals surface area (Å²) in [6, 6.07) is 10.2. The predicted octanol–water partition coefficient (Wildman–Crippen LogP) is 3.80. The second-order valence-electron chi connectivity index (χ2n) is 4.52. The van der Waals surface area contributed by atoms with Crippen molar-refractivity contribution in [1.82, 2.24) is 4.98 Å². The molecule has 0 saturated heterocycles. The van der Waals surface area contributed by atoms with Gasteiger partial charge in [0.2, 0.25) is 0 Å². The average Bonchev–Trinajstić information content (AvgIpc) is 2.38. The van der Waals surface area contributed by atoms with Crippen molar-refractivity contribution in [3.05, 3.63) is 47.2 Å². The minimum Gasteiger partial charge on any atom is -0.389 e. The molecule has 1 heterocycles. The topological polar surface area (TPSA) is 50.9 Å². The molecule has 2 rings (SSSR count). The summed E-state index contributed by atoms with van der Waals surface area (Å²) in [5, 5.41) is 3.30. The molecule has 0 amide bonds. The first-order valence-corrected chi connectivity index (χ1v) is 7.83. The molecule has 0 aliphatic rings. The smallest absolute Gasteiger partial charge is 0.141 e. The molecule has 0 fully saturated rings. The van der Waals surface area contributed by atoms with Crippen LogP contribution in [0.15, 0.2) is 35.2 Å². The van der Waals surface area contributed by atoms with Gasteiger partial charge in [-0.25, -0.2) is 4.98 Å². The summed E-state index contributed by atoms with van der Waals surface area (Å²) in [5.74, 6) is 0.715. The highest BCUT2D eigenvalue weighted by Crippen LogP contribution is 2.24. The van der Waals surface area contributed by atoms with Crippen LogP contribution >= 0.6 is 24.0 Å². The van der Waals surface area contributed by atoms with Gasteiger partial charge in [-0.1, -0.05) is 12.2 Å². The molecule has 104 valence electrons. The SMILES string of the molecule is CSc1ccc(Nc2nc(C)cc(C)c2C(N)=S)cc1. The molecule has 0 bridgehead atoms. The van der Waals surface area contributed by atoms with E-state index in [2.05, 4.69) is 28.7 Å². The molecule has 1 aromatic heterocycles. The van der Waals surface area contributed by atoms with Crippen LogP contribution in [0.4, 0.5) is 11.5 Å². The maximum absolute atomic E-state index is 5.81. The highest BCUT2D eigenvalue weighted by Gasteiger charge is 2.11. The summed E-state index contributed by atoms with van der Waals surface area (Å²) in [4.78, 5) is 6.09. The van der Waals surface area contributed by atoms with E-state index >= 15 is 0 Å². The van der Waals surface area contributed by atoms with Crippen molar-refractivity contribution in [2.45, 2.75) is 18.7 Å². The Hall–Kier alpha value is -1.59. The van der Waals surface area contributed by atoms with Gasteiger partial charge >= 0.3 is 0 Å². The summed E-state index contributed by atoms with van der Waals surface area (Å²) in [6.45, 7) is 3.95. The van der Waals surface area contributed by atoms with Crippen LogP contribution in [0.3, 0.4) is 0 Å². The van der Waals surface area contributed by atoms with Crippen molar-refractivity contribution in [2.24, 2.45) is 5.73 Å². The maximum atomic E-state index is 5.81. The van der Waals surface area contributed by atoms with Crippen LogP contribution in [0.1, 0.15) is 16.8 Å². The number of aryl methyl sites for hydroxylation is 2. The summed E-state index contributed by atoms with van der Waals surface area (Å²) in [6.07, 6.45) is 2.05. The van der Waals surface area contributed by atoms with Crippen LogP contribution in [0.5, 0.6) is 0 Å². The van der Waals surface area contributed by atoms with Crippen molar-refractivity contribution in [2.75, 3.05) is 11.6 Å². The van der Waals surface area contributed by atoms with Gasteiger partial charge in [-0.3, -0.25) is 0 Å². The molecule has 0 aliphatic heterocycles. The molecular weight excluding hydrogens is 286 g/mol. The number of pyridine rings is 1. The van der Waals surface area contributed by atoms with Gasteiger partial charge in [-0.2, -0.15) is 0 Å². The summed E-state index contributed by atoms with van der Waals surface area (Å²) < 4.78 is 0. The van der Waals surface area contributed by atoms with Gasteiger partial charge in [-0.05, 0) is 56.0 Å². The van der Waals surface area contributed by atoms with E-state index in [4.69, 9.17) is 18.0 Å². The summed E-state index contributed by atoms with van der Waals surface area (Å²) in [5.41, 5.74) is 9.56. The number of anilines is 2. The Balaban J connectivity index is 2.39. The zero-order valence-electron chi connectivity index (χ0n) is 11.7. The number of nitrogens with one attached hydrogen (secondary N) is 1. The van der Waals surface area contributed by atoms with Gasteiger partial charge in [0.15, 0.2) is 0 Å². The van der Waals surface area contributed by atoms with E-state index in [0.717, 1.165) is 22.5 Å². The van der Waals surface area contributed by atoms with Gasteiger partial charge in [0.25, 0.3) is 0 Å². The van der Waals surface area contributed by atoms with Crippen molar-refractivity contribution in [3.63, 3.8) is 0 Å².